The number of carbonyl (C=O) groups is 1. The topological polar surface area (TPSA) is 53.9 Å². The Morgan fingerprint density at radius 2 is 2.27 bits per heavy atom. The maximum atomic E-state index is 14.0. The minimum absolute atomic E-state index is 0.0946. The average molecular weight is 354 g/mol. The van der Waals surface area contributed by atoms with Gasteiger partial charge in [-0.3, -0.25) is 4.79 Å². The summed E-state index contributed by atoms with van der Waals surface area (Å²) in [6.45, 7) is 3.37. The Hall–Kier alpha value is -2.63. The highest BCUT2D eigenvalue weighted by molar-refractivity contribution is 5.90. The minimum atomic E-state index is -0.280. The highest BCUT2D eigenvalue weighted by Crippen LogP contribution is 2.28. The number of amides is 1. The Kier molecular flexibility index (Phi) is 4.26. The second kappa shape index (κ2) is 6.59. The van der Waals surface area contributed by atoms with E-state index in [2.05, 4.69) is 9.97 Å². The number of hydrogen-bond acceptors (Lipinski definition) is 2. The Bertz CT molecular complexity index is 958. The molecule has 6 heteroatoms. The molecule has 5 nitrogen and oxygen atoms in total. The molecule has 1 aromatic carbocycles. The zero-order valence-electron chi connectivity index (χ0n) is 15.1. The van der Waals surface area contributed by atoms with Crippen molar-refractivity contribution in [3.8, 4) is 0 Å². The third-order valence-corrected chi connectivity index (χ3v) is 5.43. The Balaban J connectivity index is 1.54. The summed E-state index contributed by atoms with van der Waals surface area (Å²) < 4.78 is 16.0. The molecule has 1 atom stereocenters. The predicted molar refractivity (Wildman–Crippen MR) is 98.5 cm³/mol. The van der Waals surface area contributed by atoms with Gasteiger partial charge >= 0.3 is 0 Å². The van der Waals surface area contributed by atoms with Crippen molar-refractivity contribution in [2.45, 2.75) is 32.1 Å². The van der Waals surface area contributed by atoms with Gasteiger partial charge in [-0.2, -0.15) is 0 Å². The molecule has 1 aliphatic heterocycles. The number of halogens is 1. The summed E-state index contributed by atoms with van der Waals surface area (Å²) in [4.78, 5) is 22.4. The van der Waals surface area contributed by atoms with E-state index in [1.165, 1.54) is 6.07 Å². The number of nitrogens with zero attached hydrogens (tertiary/aromatic N) is 3. The van der Waals surface area contributed by atoms with Gasteiger partial charge < -0.3 is 14.5 Å². The molecule has 0 spiro atoms. The van der Waals surface area contributed by atoms with Gasteiger partial charge in [0.2, 0.25) is 5.91 Å². The van der Waals surface area contributed by atoms with Gasteiger partial charge in [0.25, 0.3) is 0 Å². The molecule has 2 aromatic heterocycles. The Morgan fingerprint density at radius 3 is 3.04 bits per heavy atom. The van der Waals surface area contributed by atoms with Crippen LogP contribution >= 0.6 is 0 Å². The van der Waals surface area contributed by atoms with Gasteiger partial charge in [0.05, 0.1) is 11.9 Å². The zero-order chi connectivity index (χ0) is 18.3. The highest BCUT2D eigenvalue weighted by Gasteiger charge is 2.27. The number of benzene rings is 1. The van der Waals surface area contributed by atoms with Crippen molar-refractivity contribution in [3.05, 3.63) is 53.5 Å². The number of hydrogen-bond donors (Lipinski definition) is 1. The van der Waals surface area contributed by atoms with Gasteiger partial charge in [-0.1, -0.05) is 12.1 Å². The first-order chi connectivity index (χ1) is 12.5. The van der Waals surface area contributed by atoms with E-state index < -0.39 is 0 Å². The number of aryl methyl sites for hydroxylation is 2. The van der Waals surface area contributed by atoms with Crippen molar-refractivity contribution in [3.63, 3.8) is 0 Å². The van der Waals surface area contributed by atoms with E-state index in [9.17, 15) is 9.18 Å². The number of H-pyrrole nitrogens is 1. The molecule has 0 radical (unpaired) electrons. The first-order valence-corrected chi connectivity index (χ1v) is 9.05. The quantitative estimate of drug-likeness (QED) is 0.785. The molecule has 0 aliphatic carbocycles. The molecule has 4 rings (SSSR count). The summed E-state index contributed by atoms with van der Waals surface area (Å²) >= 11 is 0. The molecule has 0 bridgehead atoms. The van der Waals surface area contributed by atoms with Crippen LogP contribution in [0.4, 0.5) is 4.39 Å². The zero-order valence-corrected chi connectivity index (χ0v) is 15.1. The first kappa shape index (κ1) is 16.8. The van der Waals surface area contributed by atoms with E-state index in [1.807, 2.05) is 35.7 Å². The predicted octanol–water partition coefficient (Wildman–Crippen LogP) is 3.30. The molecular formula is C20H23FN4O. The van der Waals surface area contributed by atoms with Crippen LogP contribution in [0.15, 0.2) is 30.6 Å². The second-order valence-electron chi connectivity index (χ2n) is 7.14. The minimum Gasteiger partial charge on any atom is -0.356 e. The molecule has 1 aliphatic rings. The van der Waals surface area contributed by atoms with E-state index in [0.29, 0.717) is 18.5 Å². The molecular weight excluding hydrogens is 331 g/mol. The van der Waals surface area contributed by atoms with Gasteiger partial charge in [0, 0.05) is 49.5 Å². The number of aromatic nitrogens is 3. The molecule has 1 amide bonds. The van der Waals surface area contributed by atoms with Crippen LogP contribution in [0.25, 0.3) is 10.9 Å². The van der Waals surface area contributed by atoms with Gasteiger partial charge in [-0.15, -0.1) is 0 Å². The van der Waals surface area contributed by atoms with Gasteiger partial charge in [0.1, 0.15) is 11.6 Å². The lowest BCUT2D eigenvalue weighted by Gasteiger charge is -2.32. The van der Waals surface area contributed by atoms with Crippen LogP contribution < -0.4 is 0 Å². The maximum absolute atomic E-state index is 14.0. The average Bonchev–Trinajstić information content (AvgIpc) is 3.20. The van der Waals surface area contributed by atoms with Crippen molar-refractivity contribution in [2.24, 2.45) is 7.05 Å². The van der Waals surface area contributed by atoms with Crippen molar-refractivity contribution in [1.29, 1.82) is 0 Å². The summed E-state index contributed by atoms with van der Waals surface area (Å²) in [6, 6.07) is 5.00. The van der Waals surface area contributed by atoms with Crippen LogP contribution in [-0.4, -0.2) is 38.4 Å². The molecule has 26 heavy (non-hydrogen) atoms. The van der Waals surface area contributed by atoms with Crippen LogP contribution in [-0.2, 0) is 18.3 Å². The normalized spacial score (nSPS) is 17.8. The molecule has 0 saturated carbocycles. The van der Waals surface area contributed by atoms with Crippen LogP contribution in [0.3, 0.4) is 0 Å². The van der Waals surface area contributed by atoms with E-state index in [-0.39, 0.29) is 17.6 Å². The summed E-state index contributed by atoms with van der Waals surface area (Å²) in [7, 11) is 1.99. The summed E-state index contributed by atoms with van der Waals surface area (Å²) in [5.74, 6) is 1.12. The van der Waals surface area contributed by atoms with Crippen molar-refractivity contribution in [1.82, 2.24) is 19.4 Å². The number of likely N-dealkylation sites (tertiary alicyclic amines) is 1. The molecule has 3 heterocycles. The van der Waals surface area contributed by atoms with Crippen LogP contribution in [0.5, 0.6) is 0 Å². The molecule has 1 saturated heterocycles. The van der Waals surface area contributed by atoms with E-state index in [1.54, 1.807) is 12.3 Å². The number of piperidine rings is 1. The standard InChI is InChI=1S/C20H23FN4O/c1-13-16(15-6-3-7-17(21)19(15)23-13)11-18(26)25-9-4-5-14(12-25)20-22-8-10-24(20)2/h3,6-8,10,14,23H,4-5,9,11-12H2,1-2H3/t14-/m1/s1. The molecule has 1 N–H and O–H groups in total. The Labute approximate surface area is 151 Å². The number of para-hydroxylation sites is 1. The van der Waals surface area contributed by atoms with Gasteiger partial charge in [-0.05, 0) is 31.4 Å². The third kappa shape index (κ3) is 2.89. The summed E-state index contributed by atoms with van der Waals surface area (Å²) in [5, 5.41) is 0.800. The number of rotatable bonds is 3. The van der Waals surface area contributed by atoms with Crippen LogP contribution in [0, 0.1) is 12.7 Å². The smallest absolute Gasteiger partial charge is 0.227 e. The SMILES string of the molecule is Cc1[nH]c2c(F)cccc2c1CC(=O)N1CCC[C@@H](c2nccn2C)C1. The van der Waals surface area contributed by atoms with Crippen LogP contribution in [0.1, 0.15) is 35.8 Å². The second-order valence-corrected chi connectivity index (χ2v) is 7.14. The van der Waals surface area contributed by atoms with E-state index in [4.69, 9.17) is 0 Å². The molecule has 0 unspecified atom stereocenters. The van der Waals surface area contributed by atoms with E-state index >= 15 is 0 Å². The lowest BCUT2D eigenvalue weighted by molar-refractivity contribution is -0.131. The number of nitrogens with one attached hydrogen (secondary N) is 1. The fourth-order valence-electron chi connectivity index (χ4n) is 4.04. The number of aromatic amines is 1. The molecule has 136 valence electrons. The number of imidazole rings is 1. The third-order valence-electron chi connectivity index (χ3n) is 5.43. The molecule has 3 aromatic rings. The lowest BCUT2D eigenvalue weighted by Crippen LogP contribution is -2.40. The van der Waals surface area contributed by atoms with Crippen molar-refractivity contribution >= 4 is 16.8 Å². The number of fused-ring (bicyclic) bond motifs is 1. The van der Waals surface area contributed by atoms with Crippen LogP contribution in [0.2, 0.25) is 0 Å². The summed E-state index contributed by atoms with van der Waals surface area (Å²) in [6.07, 6.45) is 6.07. The first-order valence-electron chi connectivity index (χ1n) is 9.05. The maximum Gasteiger partial charge on any atom is 0.227 e. The lowest BCUT2D eigenvalue weighted by atomic mass is 9.96. The fourth-order valence-corrected chi connectivity index (χ4v) is 4.04. The van der Waals surface area contributed by atoms with Gasteiger partial charge in [0.15, 0.2) is 0 Å². The number of carbonyl (C=O) groups excluding carboxylic acids is 1. The summed E-state index contributed by atoms with van der Waals surface area (Å²) in [5.41, 5.74) is 2.23. The highest BCUT2D eigenvalue weighted by atomic mass is 19.1. The van der Waals surface area contributed by atoms with Crippen molar-refractivity contribution < 1.29 is 9.18 Å². The van der Waals surface area contributed by atoms with Gasteiger partial charge in [-0.25, -0.2) is 9.37 Å². The fraction of sp³-hybridized carbons (Fsp3) is 0.400. The Morgan fingerprint density at radius 1 is 1.42 bits per heavy atom. The van der Waals surface area contributed by atoms with Crippen molar-refractivity contribution in [2.75, 3.05) is 13.1 Å². The monoisotopic (exact) mass is 354 g/mol. The largest absolute Gasteiger partial charge is 0.356 e. The van der Waals surface area contributed by atoms with E-state index in [0.717, 1.165) is 41.9 Å². The molecule has 1 fully saturated rings.